The van der Waals surface area contributed by atoms with Crippen molar-refractivity contribution in [3.63, 3.8) is 0 Å². The zero-order valence-electron chi connectivity index (χ0n) is 27.4. The second-order valence-electron chi connectivity index (χ2n) is 13.1. The molecule has 0 saturated heterocycles. The summed E-state index contributed by atoms with van der Waals surface area (Å²) in [6, 6.07) is 66.5. The predicted octanol–water partition coefficient (Wildman–Crippen LogP) is 11.9. The number of hydrogen-bond donors (Lipinski definition) is 0. The zero-order valence-corrected chi connectivity index (χ0v) is 27.4. The summed E-state index contributed by atoms with van der Waals surface area (Å²) in [6.45, 7) is 0. The zero-order chi connectivity index (χ0) is 33.1. The molecular formula is C48H32N2. The Bertz CT molecular complexity index is 2650. The number of rotatable bonds is 5. The van der Waals surface area contributed by atoms with Crippen LogP contribution in [-0.2, 0) is 5.41 Å². The van der Waals surface area contributed by atoms with E-state index in [1.165, 1.54) is 83.1 Å². The number of pyridine rings is 1. The molecule has 1 aliphatic rings. The van der Waals surface area contributed by atoms with E-state index < -0.39 is 5.41 Å². The molecule has 10 rings (SSSR count). The van der Waals surface area contributed by atoms with Gasteiger partial charge in [0.25, 0.3) is 0 Å². The molecule has 0 N–H and O–H groups in total. The fourth-order valence-electron chi connectivity index (χ4n) is 8.52. The molecule has 0 fully saturated rings. The predicted molar refractivity (Wildman–Crippen MR) is 207 cm³/mol. The van der Waals surface area contributed by atoms with Gasteiger partial charge in [0, 0.05) is 28.9 Å². The molecule has 0 spiro atoms. The van der Waals surface area contributed by atoms with Crippen molar-refractivity contribution in [2.24, 2.45) is 0 Å². The highest BCUT2D eigenvalue weighted by Crippen LogP contribution is 2.58. The molecule has 2 aromatic heterocycles. The van der Waals surface area contributed by atoms with Crippen LogP contribution in [-0.4, -0.2) is 9.55 Å². The highest BCUT2D eigenvalue weighted by atomic mass is 15.0. The average Bonchev–Trinajstić information content (AvgIpc) is 3.70. The minimum atomic E-state index is -0.457. The van der Waals surface area contributed by atoms with Crippen LogP contribution in [0.1, 0.15) is 22.3 Å². The number of aromatic nitrogens is 2. The van der Waals surface area contributed by atoms with E-state index in [9.17, 15) is 0 Å². The lowest BCUT2D eigenvalue weighted by Gasteiger charge is -2.33. The van der Waals surface area contributed by atoms with Gasteiger partial charge in [0.2, 0.25) is 0 Å². The largest absolute Gasteiger partial charge is 0.309 e. The molecule has 2 nitrogen and oxygen atoms in total. The third-order valence-electron chi connectivity index (χ3n) is 10.6. The van der Waals surface area contributed by atoms with E-state index in [0.29, 0.717) is 0 Å². The summed E-state index contributed by atoms with van der Waals surface area (Å²) in [5, 5.41) is 2.52. The average molecular weight is 637 g/mol. The second kappa shape index (κ2) is 11.3. The van der Waals surface area contributed by atoms with Crippen LogP contribution in [0.25, 0.3) is 60.9 Å². The lowest BCUT2D eigenvalue weighted by molar-refractivity contribution is 0.766. The summed E-state index contributed by atoms with van der Waals surface area (Å²) in [5.74, 6) is 0. The highest BCUT2D eigenvalue weighted by Gasteiger charge is 2.46. The third-order valence-corrected chi connectivity index (χ3v) is 10.6. The highest BCUT2D eigenvalue weighted by molar-refractivity contribution is 6.10. The van der Waals surface area contributed by atoms with Crippen LogP contribution in [0.2, 0.25) is 0 Å². The maximum absolute atomic E-state index is 4.41. The van der Waals surface area contributed by atoms with Crippen LogP contribution in [0.5, 0.6) is 0 Å². The molecule has 0 bridgehead atoms. The molecule has 2 heteroatoms. The molecule has 1 atom stereocenters. The van der Waals surface area contributed by atoms with Crippen molar-refractivity contribution in [2.45, 2.75) is 5.41 Å². The smallest absolute Gasteiger partial charge is 0.0714 e. The molecule has 0 amide bonds. The maximum atomic E-state index is 4.41. The molecule has 1 unspecified atom stereocenters. The van der Waals surface area contributed by atoms with Crippen LogP contribution < -0.4 is 0 Å². The number of para-hydroxylation sites is 2. The topological polar surface area (TPSA) is 17.8 Å². The van der Waals surface area contributed by atoms with E-state index in [1.54, 1.807) is 0 Å². The van der Waals surface area contributed by atoms with Crippen molar-refractivity contribution in [1.82, 2.24) is 9.55 Å². The molecule has 50 heavy (non-hydrogen) atoms. The Morgan fingerprint density at radius 1 is 0.400 bits per heavy atom. The summed E-state index contributed by atoms with van der Waals surface area (Å²) in [5.41, 5.74) is 15.7. The molecule has 1 aliphatic carbocycles. The van der Waals surface area contributed by atoms with Crippen LogP contribution in [0.4, 0.5) is 0 Å². The van der Waals surface area contributed by atoms with Gasteiger partial charge in [0.05, 0.1) is 16.4 Å². The van der Waals surface area contributed by atoms with E-state index in [4.69, 9.17) is 0 Å². The Balaban J connectivity index is 1.17. The minimum absolute atomic E-state index is 0.457. The second-order valence-corrected chi connectivity index (χ2v) is 13.1. The molecule has 7 aromatic carbocycles. The van der Waals surface area contributed by atoms with Gasteiger partial charge < -0.3 is 4.57 Å². The molecule has 0 radical (unpaired) electrons. The van der Waals surface area contributed by atoms with Crippen molar-refractivity contribution in [1.29, 1.82) is 0 Å². The molecule has 9 aromatic rings. The lowest BCUT2D eigenvalue weighted by atomic mass is 9.68. The van der Waals surface area contributed by atoms with Gasteiger partial charge in [0.15, 0.2) is 0 Å². The van der Waals surface area contributed by atoms with Gasteiger partial charge in [0.1, 0.15) is 0 Å². The lowest BCUT2D eigenvalue weighted by Crippen LogP contribution is -2.28. The molecule has 234 valence electrons. The Morgan fingerprint density at radius 3 is 1.88 bits per heavy atom. The first-order valence-corrected chi connectivity index (χ1v) is 17.2. The van der Waals surface area contributed by atoms with Crippen LogP contribution in [0, 0.1) is 0 Å². The van der Waals surface area contributed by atoms with Gasteiger partial charge in [-0.05, 0) is 104 Å². The SMILES string of the molecule is c1ccc(-n2c3ccccc3c3cc(-c4cccc(-c5cccc6c5-c5ccccc5C6(c5ccccc5)c5ccncc5)c4)ccc32)cc1. The fourth-order valence-corrected chi connectivity index (χ4v) is 8.52. The Morgan fingerprint density at radius 2 is 1.02 bits per heavy atom. The summed E-state index contributed by atoms with van der Waals surface area (Å²) in [7, 11) is 0. The monoisotopic (exact) mass is 636 g/mol. The van der Waals surface area contributed by atoms with E-state index >= 15 is 0 Å². The van der Waals surface area contributed by atoms with Crippen molar-refractivity contribution in [3.8, 4) is 39.1 Å². The first kappa shape index (κ1) is 28.5. The molecule has 0 aliphatic heterocycles. The van der Waals surface area contributed by atoms with Gasteiger partial charge >= 0.3 is 0 Å². The fraction of sp³-hybridized carbons (Fsp3) is 0.0208. The minimum Gasteiger partial charge on any atom is -0.309 e. The van der Waals surface area contributed by atoms with Crippen molar-refractivity contribution in [3.05, 3.63) is 217 Å². The Kier molecular flexibility index (Phi) is 6.43. The van der Waals surface area contributed by atoms with Crippen molar-refractivity contribution in [2.75, 3.05) is 0 Å². The van der Waals surface area contributed by atoms with E-state index in [2.05, 4.69) is 192 Å². The normalized spacial score (nSPS) is 14.9. The third kappa shape index (κ3) is 4.12. The van der Waals surface area contributed by atoms with Gasteiger partial charge in [-0.1, -0.05) is 133 Å². The number of nitrogens with zero attached hydrogens (tertiary/aromatic N) is 2. The summed E-state index contributed by atoms with van der Waals surface area (Å²) >= 11 is 0. The first-order chi connectivity index (χ1) is 24.8. The van der Waals surface area contributed by atoms with E-state index in [1.807, 2.05) is 12.4 Å². The van der Waals surface area contributed by atoms with Crippen molar-refractivity contribution >= 4 is 21.8 Å². The van der Waals surface area contributed by atoms with E-state index in [-0.39, 0.29) is 0 Å². The van der Waals surface area contributed by atoms with Gasteiger partial charge in [-0.15, -0.1) is 0 Å². The van der Waals surface area contributed by atoms with E-state index in [0.717, 1.165) is 0 Å². The molecule has 0 saturated carbocycles. The van der Waals surface area contributed by atoms with Crippen LogP contribution in [0.3, 0.4) is 0 Å². The molecular weight excluding hydrogens is 605 g/mol. The first-order valence-electron chi connectivity index (χ1n) is 17.2. The standard InChI is InChI=1S/C48H32N2/c1-3-15-36(16-4-1)48(37-27-29-49-30-28-37)43-22-9-7-20-41(43)47-39(21-12-23-44(47)48)35-14-11-13-33(31-35)34-25-26-46-42(32-34)40-19-8-10-24-45(40)50(46)38-17-5-2-6-18-38/h1-32H. The maximum Gasteiger partial charge on any atom is 0.0714 e. The summed E-state index contributed by atoms with van der Waals surface area (Å²) < 4.78 is 2.37. The molecule has 2 heterocycles. The van der Waals surface area contributed by atoms with Crippen molar-refractivity contribution < 1.29 is 0 Å². The van der Waals surface area contributed by atoms with Gasteiger partial charge in [-0.2, -0.15) is 0 Å². The van der Waals surface area contributed by atoms with Gasteiger partial charge in [-0.3, -0.25) is 4.98 Å². The Hall–Kier alpha value is -6.51. The summed E-state index contributed by atoms with van der Waals surface area (Å²) in [6.07, 6.45) is 3.84. The number of benzene rings is 7. The number of hydrogen-bond acceptors (Lipinski definition) is 1. The number of fused-ring (bicyclic) bond motifs is 6. The summed E-state index contributed by atoms with van der Waals surface area (Å²) in [4.78, 5) is 4.41. The Labute approximate surface area is 291 Å². The van der Waals surface area contributed by atoms with Crippen LogP contribution in [0.15, 0.2) is 194 Å². The van der Waals surface area contributed by atoms with Crippen LogP contribution >= 0.6 is 0 Å². The van der Waals surface area contributed by atoms with Gasteiger partial charge in [-0.25, -0.2) is 0 Å². The quantitative estimate of drug-likeness (QED) is 0.184.